The Kier molecular flexibility index (Phi) is 13.3. The summed E-state index contributed by atoms with van der Waals surface area (Å²) >= 11 is 0. The van der Waals surface area contributed by atoms with E-state index in [0.29, 0.717) is 5.41 Å². The summed E-state index contributed by atoms with van der Waals surface area (Å²) in [5.74, 6) is 0.770. The second kappa shape index (κ2) is 17.8. The van der Waals surface area contributed by atoms with Crippen molar-refractivity contribution in [1.29, 1.82) is 0 Å². The lowest BCUT2D eigenvalue weighted by Crippen LogP contribution is -2.28. The van der Waals surface area contributed by atoms with Crippen LogP contribution in [0.4, 0.5) is 0 Å². The summed E-state index contributed by atoms with van der Waals surface area (Å²) in [6, 6.07) is 25.6. The molecule has 0 saturated heterocycles. The lowest BCUT2D eigenvalue weighted by Gasteiger charge is -2.35. The maximum atomic E-state index is 2.67. The van der Waals surface area contributed by atoms with Crippen molar-refractivity contribution in [2.45, 2.75) is 189 Å². The lowest BCUT2D eigenvalue weighted by molar-refractivity contribution is 0.323. The number of rotatable bonds is 19. The van der Waals surface area contributed by atoms with E-state index in [1.807, 2.05) is 0 Å². The fourth-order valence-corrected chi connectivity index (χ4v) is 10.1. The van der Waals surface area contributed by atoms with Gasteiger partial charge in [0.25, 0.3) is 0 Å². The minimum atomic E-state index is -0.107. The topological polar surface area (TPSA) is 0 Å². The van der Waals surface area contributed by atoms with Crippen LogP contribution in [0.1, 0.15) is 197 Å². The van der Waals surface area contributed by atoms with Gasteiger partial charge in [0.1, 0.15) is 0 Å². The van der Waals surface area contributed by atoms with Crippen LogP contribution in [0.15, 0.2) is 60.7 Å². The highest BCUT2D eigenvalue weighted by Gasteiger charge is 2.45. The van der Waals surface area contributed by atoms with Crippen LogP contribution in [0.25, 0.3) is 11.1 Å². The Hall–Kier alpha value is -3.12. The quantitative estimate of drug-likeness (QED) is 0.0845. The molecular weight excluding hydrogens is 649 g/mol. The molecule has 2 aliphatic rings. The van der Waals surface area contributed by atoms with Crippen LogP contribution in [0.3, 0.4) is 0 Å². The minimum absolute atomic E-state index is 0.107. The Balaban J connectivity index is 1.28. The van der Waals surface area contributed by atoms with Gasteiger partial charge in [-0.1, -0.05) is 153 Å². The van der Waals surface area contributed by atoms with Crippen molar-refractivity contribution in [3.63, 3.8) is 0 Å². The van der Waals surface area contributed by atoms with Crippen LogP contribution in [-0.4, -0.2) is 0 Å². The van der Waals surface area contributed by atoms with Crippen molar-refractivity contribution in [1.82, 2.24) is 0 Å². The molecule has 54 heavy (non-hydrogen) atoms. The Morgan fingerprint density at radius 2 is 1.04 bits per heavy atom. The molecule has 0 bridgehead atoms. The zero-order chi connectivity index (χ0) is 38.5. The number of fused-ring (bicyclic) bond motifs is 4. The van der Waals surface area contributed by atoms with Crippen LogP contribution in [0.5, 0.6) is 0 Å². The molecule has 4 aromatic carbocycles. The van der Waals surface area contributed by atoms with E-state index in [2.05, 4.69) is 123 Å². The third kappa shape index (κ3) is 9.11. The molecule has 0 fully saturated rings. The standard InChI is InChI=1S/C54H74/c1-10-12-14-18-23-43-32-44(24-19-15-13-11-2)35-47(34-43)54(51-30-40(5)38(3)28-49(51)50-29-39(4)41(6)31-52(50)54)27-21-17-16-20-22-42-25-26-48-45(33-42)36-46(48)37-53(7,8)9/h25-26,28-35,46H,10-24,27,36-37H2,1-9H3. The molecule has 0 spiro atoms. The number of hydrogen-bond donors (Lipinski definition) is 0. The predicted octanol–water partition coefficient (Wildman–Crippen LogP) is 15.7. The van der Waals surface area contributed by atoms with Gasteiger partial charge in [-0.2, -0.15) is 0 Å². The lowest BCUT2D eigenvalue weighted by atomic mass is 9.67. The van der Waals surface area contributed by atoms with Crippen molar-refractivity contribution in [2.24, 2.45) is 5.41 Å². The largest absolute Gasteiger partial charge is 0.0654 e. The van der Waals surface area contributed by atoms with Crippen LogP contribution in [0, 0.1) is 33.1 Å². The van der Waals surface area contributed by atoms with Crippen molar-refractivity contribution in [3.8, 4) is 11.1 Å². The summed E-state index contributed by atoms with van der Waals surface area (Å²) in [5, 5.41) is 0. The van der Waals surface area contributed by atoms with Gasteiger partial charge in [0.2, 0.25) is 0 Å². The molecule has 4 aromatic rings. The van der Waals surface area contributed by atoms with Gasteiger partial charge < -0.3 is 0 Å². The smallest absolute Gasteiger partial charge is 0.0464 e. The monoisotopic (exact) mass is 723 g/mol. The second-order valence-corrected chi connectivity index (χ2v) is 19.1. The number of hydrogen-bond acceptors (Lipinski definition) is 0. The molecule has 0 nitrogen and oxygen atoms in total. The van der Waals surface area contributed by atoms with Gasteiger partial charge >= 0.3 is 0 Å². The summed E-state index contributed by atoms with van der Waals surface area (Å²) < 4.78 is 0. The molecule has 0 aliphatic heterocycles. The van der Waals surface area contributed by atoms with Crippen LogP contribution >= 0.6 is 0 Å². The molecule has 6 rings (SSSR count). The first-order valence-corrected chi connectivity index (χ1v) is 22.4. The Bertz CT molecular complexity index is 1790. The van der Waals surface area contributed by atoms with Crippen LogP contribution in [0.2, 0.25) is 0 Å². The molecule has 0 amide bonds. The van der Waals surface area contributed by atoms with E-state index in [9.17, 15) is 0 Å². The maximum Gasteiger partial charge on any atom is 0.0464 e. The molecule has 2 aliphatic carbocycles. The molecule has 0 saturated carbocycles. The summed E-state index contributed by atoms with van der Waals surface area (Å²) in [6.07, 6.45) is 23.1. The van der Waals surface area contributed by atoms with Crippen LogP contribution < -0.4 is 0 Å². The summed E-state index contributed by atoms with van der Waals surface area (Å²) in [6.45, 7) is 21.1. The van der Waals surface area contributed by atoms with Gasteiger partial charge in [-0.25, -0.2) is 0 Å². The molecule has 0 N–H and O–H groups in total. The van der Waals surface area contributed by atoms with Gasteiger partial charge in [-0.15, -0.1) is 0 Å². The van der Waals surface area contributed by atoms with E-state index in [0.717, 1.165) is 5.92 Å². The van der Waals surface area contributed by atoms with Crippen molar-refractivity contribution in [3.05, 3.63) is 127 Å². The number of aryl methyl sites for hydroxylation is 7. The zero-order valence-corrected chi connectivity index (χ0v) is 36.1. The molecular formula is C54H74. The van der Waals surface area contributed by atoms with Gasteiger partial charge in [0.05, 0.1) is 0 Å². The Morgan fingerprint density at radius 1 is 0.537 bits per heavy atom. The van der Waals surface area contributed by atoms with Gasteiger partial charge in [-0.3, -0.25) is 0 Å². The zero-order valence-electron chi connectivity index (χ0n) is 36.1. The molecule has 290 valence electrons. The van der Waals surface area contributed by atoms with E-state index < -0.39 is 0 Å². The van der Waals surface area contributed by atoms with Gasteiger partial charge in [0, 0.05) is 5.41 Å². The normalized spacial score (nSPS) is 15.5. The minimum Gasteiger partial charge on any atom is -0.0654 e. The second-order valence-electron chi connectivity index (χ2n) is 19.1. The average Bonchev–Trinajstić information content (AvgIpc) is 3.36. The van der Waals surface area contributed by atoms with E-state index in [-0.39, 0.29) is 5.41 Å². The first-order valence-electron chi connectivity index (χ1n) is 22.4. The molecule has 0 heteroatoms. The third-order valence-corrected chi connectivity index (χ3v) is 13.4. The SMILES string of the molecule is CCCCCCc1cc(CCCCCC)cc(C2(CCCCCCc3ccc4c(c3)CC4CC(C)(C)C)c3cc(C)c(C)cc3-c3cc(C)c(C)cc32)c1. The van der Waals surface area contributed by atoms with Crippen molar-refractivity contribution >= 4 is 0 Å². The van der Waals surface area contributed by atoms with E-state index in [1.54, 1.807) is 44.5 Å². The van der Waals surface area contributed by atoms with E-state index in [4.69, 9.17) is 0 Å². The number of benzene rings is 4. The highest BCUT2D eigenvalue weighted by molar-refractivity contribution is 5.85. The molecule has 1 unspecified atom stereocenters. The van der Waals surface area contributed by atoms with Crippen molar-refractivity contribution < 1.29 is 0 Å². The van der Waals surface area contributed by atoms with Gasteiger partial charge in [0.15, 0.2) is 0 Å². The fourth-order valence-electron chi connectivity index (χ4n) is 10.1. The number of unbranched alkanes of at least 4 members (excludes halogenated alkanes) is 9. The average molecular weight is 723 g/mol. The summed E-state index contributed by atoms with van der Waals surface area (Å²) in [4.78, 5) is 0. The van der Waals surface area contributed by atoms with E-state index >= 15 is 0 Å². The first kappa shape index (κ1) is 40.5. The van der Waals surface area contributed by atoms with Crippen LogP contribution in [-0.2, 0) is 31.1 Å². The molecule has 1 atom stereocenters. The Labute approximate surface area is 332 Å². The highest BCUT2D eigenvalue weighted by atomic mass is 14.5. The van der Waals surface area contributed by atoms with Gasteiger partial charge in [-0.05, 0) is 175 Å². The maximum absolute atomic E-state index is 2.67. The molecule has 0 radical (unpaired) electrons. The summed E-state index contributed by atoms with van der Waals surface area (Å²) in [5.41, 5.74) is 21.6. The van der Waals surface area contributed by atoms with Crippen molar-refractivity contribution in [2.75, 3.05) is 0 Å². The predicted molar refractivity (Wildman–Crippen MR) is 237 cm³/mol. The molecule has 0 aromatic heterocycles. The molecule has 0 heterocycles. The summed E-state index contributed by atoms with van der Waals surface area (Å²) in [7, 11) is 0. The third-order valence-electron chi connectivity index (χ3n) is 13.4. The Morgan fingerprint density at radius 3 is 1.56 bits per heavy atom. The van der Waals surface area contributed by atoms with E-state index in [1.165, 1.54) is 149 Å². The highest BCUT2D eigenvalue weighted by Crippen LogP contribution is 2.56. The first-order chi connectivity index (χ1) is 25.9. The fraction of sp³-hybridized carbons (Fsp3) is 0.556.